The lowest BCUT2D eigenvalue weighted by Gasteiger charge is -2.22. The SMILES string of the molecule is c1ccc2c(c1)OCC2NCCC1CCCCC1. The summed E-state index contributed by atoms with van der Waals surface area (Å²) < 4.78 is 5.69. The first-order valence-electron chi connectivity index (χ1n) is 7.38. The highest BCUT2D eigenvalue weighted by molar-refractivity contribution is 5.39. The average molecular weight is 245 g/mol. The lowest BCUT2D eigenvalue weighted by atomic mass is 9.87. The first kappa shape index (κ1) is 12.0. The van der Waals surface area contributed by atoms with Gasteiger partial charge in [0, 0.05) is 5.56 Å². The molecular weight excluding hydrogens is 222 g/mol. The van der Waals surface area contributed by atoms with Crippen LogP contribution in [0, 0.1) is 5.92 Å². The van der Waals surface area contributed by atoms with E-state index in [0.717, 1.165) is 24.8 Å². The van der Waals surface area contributed by atoms with E-state index in [1.165, 1.54) is 44.1 Å². The van der Waals surface area contributed by atoms with Gasteiger partial charge in [-0.25, -0.2) is 0 Å². The minimum Gasteiger partial charge on any atom is -0.491 e. The molecule has 1 unspecified atom stereocenters. The van der Waals surface area contributed by atoms with Gasteiger partial charge >= 0.3 is 0 Å². The van der Waals surface area contributed by atoms with Gasteiger partial charge in [0.1, 0.15) is 12.4 Å². The molecule has 1 aliphatic carbocycles. The molecule has 2 heteroatoms. The van der Waals surface area contributed by atoms with Crippen molar-refractivity contribution < 1.29 is 4.74 Å². The van der Waals surface area contributed by atoms with Crippen LogP contribution in [0.4, 0.5) is 0 Å². The van der Waals surface area contributed by atoms with Crippen molar-refractivity contribution in [2.24, 2.45) is 5.92 Å². The summed E-state index contributed by atoms with van der Waals surface area (Å²) in [7, 11) is 0. The number of benzene rings is 1. The van der Waals surface area contributed by atoms with E-state index in [1.807, 2.05) is 6.07 Å². The number of fused-ring (bicyclic) bond motifs is 1. The molecule has 1 N–H and O–H groups in total. The summed E-state index contributed by atoms with van der Waals surface area (Å²) in [6, 6.07) is 8.80. The fraction of sp³-hybridized carbons (Fsp3) is 0.625. The number of nitrogens with one attached hydrogen (secondary N) is 1. The smallest absolute Gasteiger partial charge is 0.124 e. The van der Waals surface area contributed by atoms with Crippen molar-refractivity contribution in [2.75, 3.05) is 13.2 Å². The van der Waals surface area contributed by atoms with Gasteiger partial charge in [0.15, 0.2) is 0 Å². The van der Waals surface area contributed by atoms with Crippen LogP contribution in [0.25, 0.3) is 0 Å². The predicted molar refractivity (Wildman–Crippen MR) is 73.9 cm³/mol. The second kappa shape index (κ2) is 5.75. The van der Waals surface area contributed by atoms with Crippen LogP contribution in [0.5, 0.6) is 5.75 Å². The standard InChI is InChI=1S/C16H23NO/c1-2-6-13(7-3-1)10-11-17-15-12-18-16-9-5-4-8-14(15)16/h4-5,8-9,13,15,17H,1-3,6-7,10-12H2. The van der Waals surface area contributed by atoms with E-state index in [0.29, 0.717) is 6.04 Å². The molecule has 2 nitrogen and oxygen atoms in total. The second-order valence-corrected chi connectivity index (χ2v) is 5.65. The van der Waals surface area contributed by atoms with Crippen molar-refractivity contribution in [1.29, 1.82) is 0 Å². The molecule has 1 aliphatic heterocycles. The van der Waals surface area contributed by atoms with Crippen molar-refractivity contribution in [3.8, 4) is 5.75 Å². The zero-order valence-electron chi connectivity index (χ0n) is 11.0. The molecule has 0 spiro atoms. The van der Waals surface area contributed by atoms with Gasteiger partial charge in [-0.3, -0.25) is 0 Å². The van der Waals surface area contributed by atoms with E-state index in [4.69, 9.17) is 4.74 Å². The van der Waals surface area contributed by atoms with Crippen LogP contribution in [0.3, 0.4) is 0 Å². The van der Waals surface area contributed by atoms with E-state index in [2.05, 4.69) is 23.5 Å². The quantitative estimate of drug-likeness (QED) is 0.873. The van der Waals surface area contributed by atoms with Crippen LogP contribution < -0.4 is 10.1 Å². The molecule has 3 rings (SSSR count). The normalized spacial score (nSPS) is 23.7. The van der Waals surface area contributed by atoms with Gasteiger partial charge in [-0.15, -0.1) is 0 Å². The summed E-state index contributed by atoms with van der Waals surface area (Å²) in [5.74, 6) is 2.02. The number of para-hydroxylation sites is 1. The number of hydrogen-bond donors (Lipinski definition) is 1. The first-order valence-corrected chi connectivity index (χ1v) is 7.38. The van der Waals surface area contributed by atoms with Crippen LogP contribution in [-0.2, 0) is 0 Å². The molecule has 18 heavy (non-hydrogen) atoms. The number of rotatable bonds is 4. The number of hydrogen-bond acceptors (Lipinski definition) is 2. The summed E-state index contributed by atoms with van der Waals surface area (Å²) in [4.78, 5) is 0. The molecule has 1 heterocycles. The molecule has 1 saturated carbocycles. The molecule has 0 saturated heterocycles. The van der Waals surface area contributed by atoms with Crippen molar-refractivity contribution >= 4 is 0 Å². The van der Waals surface area contributed by atoms with Crippen LogP contribution in [0.2, 0.25) is 0 Å². The molecule has 0 aromatic heterocycles. The Labute approximate surface area is 110 Å². The molecule has 0 bridgehead atoms. The Balaban J connectivity index is 1.47. The maximum absolute atomic E-state index is 5.69. The summed E-state index contributed by atoms with van der Waals surface area (Å²) >= 11 is 0. The Bertz CT molecular complexity index is 384. The molecular formula is C16H23NO. The van der Waals surface area contributed by atoms with Gasteiger partial charge in [-0.1, -0.05) is 50.3 Å². The third-order valence-electron chi connectivity index (χ3n) is 4.37. The molecule has 1 aromatic rings. The van der Waals surface area contributed by atoms with Crippen molar-refractivity contribution in [1.82, 2.24) is 5.32 Å². The van der Waals surface area contributed by atoms with Crippen molar-refractivity contribution in [2.45, 2.75) is 44.6 Å². The monoisotopic (exact) mass is 245 g/mol. The Morgan fingerprint density at radius 2 is 1.94 bits per heavy atom. The van der Waals surface area contributed by atoms with E-state index in [9.17, 15) is 0 Å². The minimum absolute atomic E-state index is 0.407. The highest BCUT2D eigenvalue weighted by atomic mass is 16.5. The Kier molecular flexibility index (Phi) is 3.84. The molecule has 1 atom stereocenters. The Hall–Kier alpha value is -1.02. The third-order valence-corrected chi connectivity index (χ3v) is 4.37. The van der Waals surface area contributed by atoms with Crippen LogP contribution in [0.15, 0.2) is 24.3 Å². The molecule has 1 aromatic carbocycles. The van der Waals surface area contributed by atoms with E-state index >= 15 is 0 Å². The third kappa shape index (κ3) is 2.69. The lowest BCUT2D eigenvalue weighted by molar-refractivity contribution is 0.294. The van der Waals surface area contributed by atoms with E-state index in [1.54, 1.807) is 0 Å². The topological polar surface area (TPSA) is 21.3 Å². The molecule has 1 fully saturated rings. The Morgan fingerprint density at radius 1 is 1.11 bits per heavy atom. The minimum atomic E-state index is 0.407. The van der Waals surface area contributed by atoms with Crippen molar-refractivity contribution in [3.63, 3.8) is 0 Å². The molecule has 2 aliphatic rings. The predicted octanol–water partition coefficient (Wildman–Crippen LogP) is 3.68. The average Bonchev–Trinajstić information content (AvgIpc) is 2.84. The highest BCUT2D eigenvalue weighted by Gasteiger charge is 2.23. The fourth-order valence-corrected chi connectivity index (χ4v) is 3.27. The maximum atomic E-state index is 5.69. The van der Waals surface area contributed by atoms with Crippen LogP contribution >= 0.6 is 0 Å². The van der Waals surface area contributed by atoms with Crippen LogP contribution in [0.1, 0.15) is 50.1 Å². The van der Waals surface area contributed by atoms with E-state index < -0.39 is 0 Å². The van der Waals surface area contributed by atoms with Crippen molar-refractivity contribution in [3.05, 3.63) is 29.8 Å². The zero-order valence-corrected chi connectivity index (χ0v) is 11.0. The van der Waals surface area contributed by atoms with Gasteiger partial charge in [0.2, 0.25) is 0 Å². The van der Waals surface area contributed by atoms with Crippen LogP contribution in [-0.4, -0.2) is 13.2 Å². The van der Waals surface area contributed by atoms with Gasteiger partial charge in [-0.2, -0.15) is 0 Å². The largest absolute Gasteiger partial charge is 0.491 e. The van der Waals surface area contributed by atoms with Gasteiger partial charge in [-0.05, 0) is 24.9 Å². The van der Waals surface area contributed by atoms with E-state index in [-0.39, 0.29) is 0 Å². The van der Waals surface area contributed by atoms with Gasteiger partial charge < -0.3 is 10.1 Å². The summed E-state index contributed by atoms with van der Waals surface area (Å²) in [6.45, 7) is 1.93. The summed E-state index contributed by atoms with van der Waals surface area (Å²) in [5, 5.41) is 3.66. The molecule has 0 amide bonds. The summed E-state index contributed by atoms with van der Waals surface area (Å²) in [5.41, 5.74) is 1.33. The molecule has 0 radical (unpaired) electrons. The summed E-state index contributed by atoms with van der Waals surface area (Å²) in [6.07, 6.45) is 8.56. The Morgan fingerprint density at radius 3 is 2.83 bits per heavy atom. The maximum Gasteiger partial charge on any atom is 0.124 e. The fourth-order valence-electron chi connectivity index (χ4n) is 3.27. The first-order chi connectivity index (χ1) is 8.93. The molecule has 98 valence electrons. The highest BCUT2D eigenvalue weighted by Crippen LogP contribution is 2.32. The zero-order chi connectivity index (χ0) is 12.2. The second-order valence-electron chi connectivity index (χ2n) is 5.65. The number of ether oxygens (including phenoxy) is 1. The van der Waals surface area contributed by atoms with Gasteiger partial charge in [0.05, 0.1) is 6.04 Å². The lowest BCUT2D eigenvalue weighted by Crippen LogP contribution is -2.25. The van der Waals surface area contributed by atoms with Gasteiger partial charge in [0.25, 0.3) is 0 Å².